The second-order valence-electron chi connectivity index (χ2n) is 5.98. The fraction of sp³-hybridized carbons (Fsp3) is 0.222. The molecule has 2 aromatic rings. The van der Waals surface area contributed by atoms with Crippen LogP contribution in [0, 0.1) is 11.3 Å². The molecule has 25 heavy (non-hydrogen) atoms. The number of hydrogen-bond acceptors (Lipinski definition) is 5. The number of fused-ring (bicyclic) bond motifs is 2. The summed E-state index contributed by atoms with van der Waals surface area (Å²) < 4.78 is 5.61. The molecule has 1 atom stereocenters. The molecule has 0 bridgehead atoms. The summed E-state index contributed by atoms with van der Waals surface area (Å²) in [6, 6.07) is 12.0. The van der Waals surface area contributed by atoms with E-state index < -0.39 is 11.6 Å². The van der Waals surface area contributed by atoms with Gasteiger partial charge in [0.2, 0.25) is 0 Å². The fourth-order valence-corrected chi connectivity index (χ4v) is 3.33. The number of carbonyl (C=O) groups excluding carboxylic acids is 2. The predicted molar refractivity (Wildman–Crippen MR) is 86.3 cm³/mol. The molecule has 0 radical (unpaired) electrons. The molecule has 7 nitrogen and oxygen atoms in total. The van der Waals surface area contributed by atoms with Crippen LogP contribution in [0.3, 0.4) is 0 Å². The summed E-state index contributed by atoms with van der Waals surface area (Å²) in [5.41, 5.74) is 0.509. The second-order valence-corrected chi connectivity index (χ2v) is 5.98. The maximum Gasteiger partial charge on any atom is 0.325 e. The molecule has 7 heteroatoms. The zero-order chi connectivity index (χ0) is 17.4. The molecule has 1 aromatic heterocycles. The number of ether oxygens (including phenoxy) is 1. The molecule has 1 spiro atoms. The fourth-order valence-electron chi connectivity index (χ4n) is 3.33. The number of benzene rings is 1. The van der Waals surface area contributed by atoms with E-state index in [1.165, 1.54) is 11.1 Å². The molecule has 1 fully saturated rings. The van der Waals surface area contributed by atoms with Crippen molar-refractivity contribution in [1.29, 1.82) is 5.26 Å². The Labute approximate surface area is 143 Å². The summed E-state index contributed by atoms with van der Waals surface area (Å²) >= 11 is 0. The summed E-state index contributed by atoms with van der Waals surface area (Å²) in [4.78, 5) is 30.7. The van der Waals surface area contributed by atoms with Crippen LogP contribution in [0.1, 0.15) is 23.2 Å². The number of nitrogens with zero attached hydrogens (tertiary/aromatic N) is 3. The molecule has 2 aliphatic heterocycles. The maximum atomic E-state index is 13.1. The third-order valence-electron chi connectivity index (χ3n) is 4.54. The number of aromatic nitrogens is 1. The van der Waals surface area contributed by atoms with Gasteiger partial charge in [-0.15, -0.1) is 0 Å². The number of nitrogens with one attached hydrogen (secondary N) is 1. The number of imide groups is 1. The van der Waals surface area contributed by atoms with Crippen molar-refractivity contribution in [3.05, 3.63) is 59.4 Å². The number of para-hydroxylation sites is 1. The van der Waals surface area contributed by atoms with Crippen molar-refractivity contribution < 1.29 is 14.3 Å². The van der Waals surface area contributed by atoms with Crippen LogP contribution in [0.25, 0.3) is 0 Å². The van der Waals surface area contributed by atoms with E-state index in [-0.39, 0.29) is 18.1 Å². The third kappa shape index (κ3) is 2.31. The van der Waals surface area contributed by atoms with E-state index in [9.17, 15) is 9.59 Å². The highest BCUT2D eigenvalue weighted by molar-refractivity contribution is 6.07. The summed E-state index contributed by atoms with van der Waals surface area (Å²) in [6.45, 7) is 0.442. The normalized spacial score (nSPS) is 21.5. The topological polar surface area (TPSA) is 95.3 Å². The van der Waals surface area contributed by atoms with Gasteiger partial charge in [-0.1, -0.05) is 18.2 Å². The van der Waals surface area contributed by atoms with Crippen LogP contribution < -0.4 is 10.1 Å². The largest absolute Gasteiger partial charge is 0.493 e. The van der Waals surface area contributed by atoms with Crippen molar-refractivity contribution in [2.75, 3.05) is 6.61 Å². The number of rotatable bonds is 2. The van der Waals surface area contributed by atoms with Crippen LogP contribution in [0.4, 0.5) is 4.79 Å². The van der Waals surface area contributed by atoms with Crippen LogP contribution in [-0.4, -0.2) is 28.4 Å². The highest BCUT2D eigenvalue weighted by Crippen LogP contribution is 2.41. The summed E-state index contributed by atoms with van der Waals surface area (Å²) in [5, 5.41) is 11.8. The Bertz CT molecular complexity index is 921. The van der Waals surface area contributed by atoms with E-state index in [0.717, 1.165) is 0 Å². The van der Waals surface area contributed by atoms with E-state index in [1.54, 1.807) is 24.3 Å². The Morgan fingerprint density at radius 1 is 1.32 bits per heavy atom. The van der Waals surface area contributed by atoms with Crippen molar-refractivity contribution in [2.45, 2.75) is 18.5 Å². The van der Waals surface area contributed by atoms with Gasteiger partial charge in [-0.05, 0) is 23.8 Å². The Morgan fingerprint density at radius 2 is 2.16 bits per heavy atom. The maximum absolute atomic E-state index is 13.1. The van der Waals surface area contributed by atoms with Crippen LogP contribution >= 0.6 is 0 Å². The lowest BCUT2D eigenvalue weighted by atomic mass is 9.84. The summed E-state index contributed by atoms with van der Waals surface area (Å²) in [7, 11) is 0. The molecule has 1 unspecified atom stereocenters. The van der Waals surface area contributed by atoms with Gasteiger partial charge in [0, 0.05) is 18.2 Å². The van der Waals surface area contributed by atoms with E-state index in [0.29, 0.717) is 29.9 Å². The van der Waals surface area contributed by atoms with Crippen LogP contribution in [0.2, 0.25) is 0 Å². The number of pyridine rings is 1. The highest BCUT2D eigenvalue weighted by Gasteiger charge is 2.54. The predicted octanol–water partition coefficient (Wildman–Crippen LogP) is 1.68. The first kappa shape index (κ1) is 15.1. The van der Waals surface area contributed by atoms with Gasteiger partial charge < -0.3 is 10.1 Å². The molecular formula is C18H14N4O3. The first-order valence-electron chi connectivity index (χ1n) is 7.85. The highest BCUT2D eigenvalue weighted by atomic mass is 16.5. The Hall–Kier alpha value is -3.40. The zero-order valence-corrected chi connectivity index (χ0v) is 13.2. The monoisotopic (exact) mass is 334 g/mol. The minimum absolute atomic E-state index is 0.0899. The smallest absolute Gasteiger partial charge is 0.325 e. The summed E-state index contributed by atoms with van der Waals surface area (Å²) in [5.74, 6) is 0.309. The van der Waals surface area contributed by atoms with Crippen molar-refractivity contribution in [1.82, 2.24) is 15.2 Å². The van der Waals surface area contributed by atoms with Crippen molar-refractivity contribution in [3.8, 4) is 11.8 Å². The van der Waals surface area contributed by atoms with Gasteiger partial charge in [-0.2, -0.15) is 5.26 Å². The number of hydrogen-bond donors (Lipinski definition) is 1. The molecule has 1 N–H and O–H groups in total. The average Bonchev–Trinajstić information content (AvgIpc) is 2.87. The lowest BCUT2D eigenvalue weighted by molar-refractivity contribution is -0.133. The third-order valence-corrected chi connectivity index (χ3v) is 4.54. The van der Waals surface area contributed by atoms with Gasteiger partial charge in [0.1, 0.15) is 17.5 Å². The Morgan fingerprint density at radius 3 is 3.00 bits per heavy atom. The number of carbonyl (C=O) groups is 2. The average molecular weight is 334 g/mol. The molecular weight excluding hydrogens is 320 g/mol. The molecule has 124 valence electrons. The van der Waals surface area contributed by atoms with Gasteiger partial charge >= 0.3 is 6.03 Å². The van der Waals surface area contributed by atoms with E-state index >= 15 is 0 Å². The molecule has 4 rings (SSSR count). The van der Waals surface area contributed by atoms with Gasteiger partial charge in [0.15, 0.2) is 5.54 Å². The number of nitriles is 1. The number of urea groups is 1. The molecule has 1 saturated heterocycles. The van der Waals surface area contributed by atoms with E-state index in [2.05, 4.69) is 10.3 Å². The zero-order valence-electron chi connectivity index (χ0n) is 13.2. The molecule has 0 saturated carbocycles. The second kappa shape index (κ2) is 5.60. The Balaban J connectivity index is 1.69. The van der Waals surface area contributed by atoms with Crippen molar-refractivity contribution in [2.24, 2.45) is 0 Å². The van der Waals surface area contributed by atoms with Crippen LogP contribution in [0.5, 0.6) is 5.75 Å². The van der Waals surface area contributed by atoms with Gasteiger partial charge in [0.25, 0.3) is 5.91 Å². The van der Waals surface area contributed by atoms with E-state index in [1.807, 2.05) is 18.2 Å². The first-order valence-corrected chi connectivity index (χ1v) is 7.85. The van der Waals surface area contributed by atoms with Gasteiger partial charge in [-0.3, -0.25) is 9.69 Å². The SMILES string of the molecule is N#Cc1cc(CN2C(=O)NC3(CCOc4ccccc43)C2=O)ccn1. The molecule has 2 aliphatic rings. The molecule has 0 aliphatic carbocycles. The molecule has 3 heterocycles. The first-order chi connectivity index (χ1) is 12.1. The quantitative estimate of drug-likeness (QED) is 0.843. The van der Waals surface area contributed by atoms with Gasteiger partial charge in [0.05, 0.1) is 13.2 Å². The minimum atomic E-state index is -1.09. The van der Waals surface area contributed by atoms with Crippen LogP contribution in [-0.2, 0) is 16.9 Å². The Kier molecular flexibility index (Phi) is 3.39. The molecule has 1 aromatic carbocycles. The number of amides is 3. The lowest BCUT2D eigenvalue weighted by Gasteiger charge is -2.33. The van der Waals surface area contributed by atoms with Gasteiger partial charge in [-0.25, -0.2) is 9.78 Å². The summed E-state index contributed by atoms with van der Waals surface area (Å²) in [6.07, 6.45) is 1.87. The van der Waals surface area contributed by atoms with Crippen LogP contribution in [0.15, 0.2) is 42.6 Å². The minimum Gasteiger partial charge on any atom is -0.493 e. The van der Waals surface area contributed by atoms with Crippen molar-refractivity contribution >= 4 is 11.9 Å². The lowest BCUT2D eigenvalue weighted by Crippen LogP contribution is -2.47. The van der Waals surface area contributed by atoms with E-state index in [4.69, 9.17) is 10.00 Å². The standard InChI is InChI=1S/C18H14N4O3/c19-10-13-9-12(5-7-20-13)11-22-16(23)18(21-17(22)24)6-8-25-15-4-2-1-3-14(15)18/h1-5,7,9H,6,8,11H2,(H,21,24). The van der Waals surface area contributed by atoms with Crippen molar-refractivity contribution in [3.63, 3.8) is 0 Å². The molecule has 3 amide bonds.